The lowest BCUT2D eigenvalue weighted by molar-refractivity contribution is -0.120. The zero-order valence-electron chi connectivity index (χ0n) is 9.81. The molecule has 1 aromatic rings. The molecule has 0 saturated carbocycles. The van der Waals surface area contributed by atoms with E-state index in [1.165, 1.54) is 6.92 Å². The van der Waals surface area contributed by atoms with Crippen LogP contribution >= 0.6 is 0 Å². The minimum Gasteiger partial charge on any atom is -0.393 e. The molecule has 0 aliphatic carbocycles. The molecular formula is C12H18N2O3. The summed E-state index contributed by atoms with van der Waals surface area (Å²) in [5.74, 6) is -0.234. The Kier molecular flexibility index (Phi) is 4.93. The summed E-state index contributed by atoms with van der Waals surface area (Å²) in [6.07, 6.45) is 0. The average Bonchev–Trinajstić information content (AvgIpc) is 2.35. The van der Waals surface area contributed by atoms with Crippen molar-refractivity contribution in [1.29, 1.82) is 0 Å². The van der Waals surface area contributed by atoms with Crippen LogP contribution in [0.2, 0.25) is 0 Å². The first-order valence-electron chi connectivity index (χ1n) is 5.42. The summed E-state index contributed by atoms with van der Waals surface area (Å²) in [6, 6.07) is 9.35. The van der Waals surface area contributed by atoms with Crippen molar-refractivity contribution in [2.24, 2.45) is 0 Å². The molecule has 1 amide bonds. The third-order valence-electron chi connectivity index (χ3n) is 2.23. The Balaban J connectivity index is 2.27. The zero-order valence-corrected chi connectivity index (χ0v) is 9.81. The maximum absolute atomic E-state index is 11.4. The molecule has 0 radical (unpaired) electrons. The number of hydrogen-bond acceptors (Lipinski definition) is 4. The van der Waals surface area contributed by atoms with E-state index < -0.39 is 5.60 Å². The molecule has 0 bridgehead atoms. The molecule has 0 saturated heterocycles. The Labute approximate surface area is 100 Å². The number of amides is 1. The average molecular weight is 238 g/mol. The van der Waals surface area contributed by atoms with Crippen LogP contribution in [0.4, 0.5) is 5.69 Å². The molecule has 0 fully saturated rings. The second kappa shape index (κ2) is 6.22. The molecular weight excluding hydrogens is 220 g/mol. The minimum atomic E-state index is -1.28. The Bertz CT molecular complexity index is 352. The summed E-state index contributed by atoms with van der Waals surface area (Å²) < 4.78 is 0. The topological polar surface area (TPSA) is 81.6 Å². The van der Waals surface area contributed by atoms with Gasteiger partial charge in [-0.15, -0.1) is 0 Å². The second-order valence-corrected chi connectivity index (χ2v) is 4.15. The van der Waals surface area contributed by atoms with Crippen molar-refractivity contribution in [3.8, 4) is 0 Å². The maximum Gasteiger partial charge on any atom is 0.239 e. The van der Waals surface area contributed by atoms with Gasteiger partial charge in [0, 0.05) is 12.2 Å². The Morgan fingerprint density at radius 3 is 2.59 bits per heavy atom. The van der Waals surface area contributed by atoms with E-state index in [0.717, 1.165) is 5.69 Å². The van der Waals surface area contributed by atoms with Crippen molar-refractivity contribution < 1.29 is 15.0 Å². The van der Waals surface area contributed by atoms with E-state index in [9.17, 15) is 9.90 Å². The van der Waals surface area contributed by atoms with E-state index in [0.29, 0.717) is 0 Å². The third-order valence-corrected chi connectivity index (χ3v) is 2.23. The number of hydrogen-bond donors (Lipinski definition) is 4. The van der Waals surface area contributed by atoms with E-state index in [4.69, 9.17) is 5.11 Å². The first-order valence-corrected chi connectivity index (χ1v) is 5.42. The predicted molar refractivity (Wildman–Crippen MR) is 65.7 cm³/mol. The number of rotatable bonds is 6. The highest BCUT2D eigenvalue weighted by molar-refractivity contribution is 5.80. The molecule has 1 unspecified atom stereocenters. The quantitative estimate of drug-likeness (QED) is 0.560. The number of nitrogens with one attached hydrogen (secondary N) is 2. The number of aliphatic hydroxyl groups excluding tert-OH is 1. The molecule has 1 rings (SSSR count). The first-order chi connectivity index (χ1) is 8.03. The van der Waals surface area contributed by atoms with Crippen LogP contribution < -0.4 is 10.6 Å². The third kappa shape index (κ3) is 5.33. The second-order valence-electron chi connectivity index (χ2n) is 4.15. The van der Waals surface area contributed by atoms with Crippen molar-refractivity contribution in [3.05, 3.63) is 30.3 Å². The lowest BCUT2D eigenvalue weighted by Crippen LogP contribution is -2.44. The minimum absolute atomic E-state index is 0.0266. The first kappa shape index (κ1) is 13.5. The van der Waals surface area contributed by atoms with E-state index in [1.807, 2.05) is 30.3 Å². The number of benzene rings is 1. The highest BCUT2D eigenvalue weighted by Gasteiger charge is 2.19. The fraction of sp³-hybridized carbons (Fsp3) is 0.417. The molecule has 0 aliphatic rings. The van der Waals surface area contributed by atoms with Crippen molar-refractivity contribution in [1.82, 2.24) is 5.32 Å². The summed E-state index contributed by atoms with van der Waals surface area (Å²) in [7, 11) is 0. The Morgan fingerprint density at radius 2 is 2.00 bits per heavy atom. The van der Waals surface area contributed by atoms with Crippen LogP contribution in [0.15, 0.2) is 30.3 Å². The maximum atomic E-state index is 11.4. The molecule has 1 atom stereocenters. The summed E-state index contributed by atoms with van der Waals surface area (Å²) in [4.78, 5) is 11.4. The van der Waals surface area contributed by atoms with Crippen LogP contribution in [0.5, 0.6) is 0 Å². The fourth-order valence-electron chi connectivity index (χ4n) is 1.15. The van der Waals surface area contributed by atoms with E-state index >= 15 is 0 Å². The summed E-state index contributed by atoms with van der Waals surface area (Å²) in [6.45, 7) is 1.22. The Hall–Kier alpha value is -1.59. The van der Waals surface area contributed by atoms with Crippen molar-refractivity contribution in [3.63, 3.8) is 0 Å². The van der Waals surface area contributed by atoms with Crippen molar-refractivity contribution in [2.75, 3.05) is 25.0 Å². The van der Waals surface area contributed by atoms with Gasteiger partial charge >= 0.3 is 0 Å². The highest BCUT2D eigenvalue weighted by Crippen LogP contribution is 2.03. The van der Waals surface area contributed by atoms with Gasteiger partial charge in [0.05, 0.1) is 13.2 Å². The number of carbonyl (C=O) groups is 1. The summed E-state index contributed by atoms with van der Waals surface area (Å²) in [5.41, 5.74) is -0.417. The van der Waals surface area contributed by atoms with Gasteiger partial charge in [0.15, 0.2) is 0 Å². The molecule has 5 heteroatoms. The fourth-order valence-corrected chi connectivity index (χ4v) is 1.15. The number of para-hydroxylation sites is 1. The van der Waals surface area contributed by atoms with Crippen molar-refractivity contribution in [2.45, 2.75) is 12.5 Å². The molecule has 17 heavy (non-hydrogen) atoms. The van der Waals surface area contributed by atoms with E-state index in [-0.39, 0.29) is 25.6 Å². The highest BCUT2D eigenvalue weighted by atomic mass is 16.3. The van der Waals surface area contributed by atoms with Gasteiger partial charge in [-0.3, -0.25) is 4.79 Å². The monoisotopic (exact) mass is 238 g/mol. The van der Waals surface area contributed by atoms with Crippen LogP contribution in [0.25, 0.3) is 0 Å². The molecule has 0 heterocycles. The van der Waals surface area contributed by atoms with Gasteiger partial charge in [0.25, 0.3) is 0 Å². The number of anilines is 1. The summed E-state index contributed by atoms with van der Waals surface area (Å²) >= 11 is 0. The van der Waals surface area contributed by atoms with Crippen LogP contribution in [-0.2, 0) is 4.79 Å². The van der Waals surface area contributed by atoms with Crippen LogP contribution in [-0.4, -0.2) is 41.4 Å². The lowest BCUT2D eigenvalue weighted by Gasteiger charge is -2.20. The molecule has 0 aromatic heterocycles. The van der Waals surface area contributed by atoms with Gasteiger partial charge in [-0.25, -0.2) is 0 Å². The van der Waals surface area contributed by atoms with Gasteiger partial charge < -0.3 is 20.8 Å². The van der Waals surface area contributed by atoms with Gasteiger partial charge in [0.2, 0.25) is 5.91 Å². The Morgan fingerprint density at radius 1 is 1.35 bits per heavy atom. The van der Waals surface area contributed by atoms with Gasteiger partial charge in [-0.2, -0.15) is 0 Å². The zero-order chi connectivity index (χ0) is 12.7. The standard InChI is InChI=1S/C12H18N2O3/c1-12(17,9-15)8-14-11(16)7-13-10-5-3-2-4-6-10/h2-6,13,15,17H,7-9H2,1H3,(H,14,16). The van der Waals surface area contributed by atoms with Crippen LogP contribution in [0.3, 0.4) is 0 Å². The van der Waals surface area contributed by atoms with Gasteiger partial charge in [-0.05, 0) is 19.1 Å². The SMILES string of the molecule is CC(O)(CO)CNC(=O)CNc1ccccc1. The molecule has 1 aromatic carbocycles. The van der Waals surface area contributed by atoms with E-state index in [2.05, 4.69) is 10.6 Å². The lowest BCUT2D eigenvalue weighted by atomic mass is 10.1. The smallest absolute Gasteiger partial charge is 0.239 e. The predicted octanol–water partition coefficient (Wildman–Crippen LogP) is -0.0420. The molecule has 0 aliphatic heterocycles. The number of carbonyl (C=O) groups excluding carboxylic acids is 1. The van der Waals surface area contributed by atoms with Crippen LogP contribution in [0, 0.1) is 0 Å². The van der Waals surface area contributed by atoms with Gasteiger partial charge in [0.1, 0.15) is 5.60 Å². The summed E-state index contributed by atoms with van der Waals surface area (Å²) in [5, 5.41) is 23.7. The van der Waals surface area contributed by atoms with Crippen molar-refractivity contribution >= 4 is 11.6 Å². The molecule has 4 N–H and O–H groups in total. The molecule has 5 nitrogen and oxygen atoms in total. The number of aliphatic hydroxyl groups is 2. The molecule has 0 spiro atoms. The van der Waals surface area contributed by atoms with Gasteiger partial charge in [-0.1, -0.05) is 18.2 Å². The van der Waals surface area contributed by atoms with Crippen LogP contribution in [0.1, 0.15) is 6.92 Å². The largest absolute Gasteiger partial charge is 0.393 e. The molecule has 94 valence electrons. The normalized spacial score (nSPS) is 13.8. The van der Waals surface area contributed by atoms with E-state index in [1.54, 1.807) is 0 Å².